The normalized spacial score (nSPS) is 14.5. The van der Waals surface area contributed by atoms with E-state index in [0.29, 0.717) is 16.6 Å². The zero-order valence-corrected chi connectivity index (χ0v) is 18.3. The van der Waals surface area contributed by atoms with E-state index in [0.717, 1.165) is 41.7 Å². The van der Waals surface area contributed by atoms with Crippen molar-refractivity contribution in [2.75, 3.05) is 0 Å². The summed E-state index contributed by atoms with van der Waals surface area (Å²) in [5.41, 5.74) is 1.28. The molecule has 0 aliphatic heterocycles. The van der Waals surface area contributed by atoms with Crippen LogP contribution in [0.25, 0.3) is 10.2 Å². The fourth-order valence-electron chi connectivity index (χ4n) is 4.21. The second-order valence-corrected chi connectivity index (χ2v) is 9.28. The second kappa shape index (κ2) is 8.60. The van der Waals surface area contributed by atoms with Crippen LogP contribution in [0.2, 0.25) is 0 Å². The van der Waals surface area contributed by atoms with E-state index in [2.05, 4.69) is 5.32 Å². The molecule has 30 heavy (non-hydrogen) atoms. The number of benzene rings is 1. The topological polar surface area (TPSA) is 73.1 Å². The number of nitrogens with one attached hydrogen (secondary N) is 1. The van der Waals surface area contributed by atoms with Crippen molar-refractivity contribution in [2.45, 2.75) is 65.1 Å². The summed E-state index contributed by atoms with van der Waals surface area (Å²) in [5.74, 6) is -0.165. The number of aromatic nitrogens is 2. The predicted molar refractivity (Wildman–Crippen MR) is 120 cm³/mol. The van der Waals surface area contributed by atoms with Crippen LogP contribution >= 0.6 is 11.3 Å². The SMILES string of the molecule is Cc1sc2c(c1C)c(=O)n(CCc1ccccc1)c(=O)n2CC(=O)NC1CCCC1. The third-order valence-corrected chi connectivity index (χ3v) is 7.25. The maximum atomic E-state index is 13.3. The Balaban J connectivity index is 1.72. The molecule has 1 saturated carbocycles. The Morgan fingerprint density at radius 3 is 2.50 bits per heavy atom. The van der Waals surface area contributed by atoms with Gasteiger partial charge < -0.3 is 5.32 Å². The van der Waals surface area contributed by atoms with Crippen molar-refractivity contribution in [3.8, 4) is 0 Å². The lowest BCUT2D eigenvalue weighted by molar-refractivity contribution is -0.122. The molecule has 1 aliphatic rings. The monoisotopic (exact) mass is 425 g/mol. The number of nitrogens with zero attached hydrogens (tertiary/aromatic N) is 2. The largest absolute Gasteiger partial charge is 0.352 e. The first kappa shape index (κ1) is 20.6. The molecule has 1 aliphatic carbocycles. The average molecular weight is 426 g/mol. The van der Waals surface area contributed by atoms with E-state index in [1.807, 2.05) is 44.2 Å². The van der Waals surface area contributed by atoms with Gasteiger partial charge in [0.2, 0.25) is 5.91 Å². The van der Waals surface area contributed by atoms with Crippen molar-refractivity contribution in [2.24, 2.45) is 0 Å². The lowest BCUT2D eigenvalue weighted by Crippen LogP contribution is -2.43. The van der Waals surface area contributed by atoms with Gasteiger partial charge in [0, 0.05) is 17.5 Å². The highest BCUT2D eigenvalue weighted by Gasteiger charge is 2.22. The van der Waals surface area contributed by atoms with E-state index >= 15 is 0 Å². The Bertz CT molecular complexity index is 1180. The number of hydrogen-bond acceptors (Lipinski definition) is 4. The molecule has 0 radical (unpaired) electrons. The molecule has 4 rings (SSSR count). The van der Waals surface area contributed by atoms with Crippen molar-refractivity contribution in [3.63, 3.8) is 0 Å². The van der Waals surface area contributed by atoms with Crippen molar-refractivity contribution in [1.29, 1.82) is 0 Å². The number of hydrogen-bond donors (Lipinski definition) is 1. The standard InChI is InChI=1S/C23H27N3O3S/c1-15-16(2)30-22-20(15)21(28)25(13-12-17-8-4-3-5-9-17)23(29)26(22)14-19(27)24-18-10-6-7-11-18/h3-5,8-9,18H,6-7,10-14H2,1-2H3,(H,24,27). The van der Waals surface area contributed by atoms with Crippen LogP contribution in [0.1, 0.15) is 41.7 Å². The summed E-state index contributed by atoms with van der Waals surface area (Å²) < 4.78 is 2.77. The van der Waals surface area contributed by atoms with Crippen LogP contribution in [0.3, 0.4) is 0 Å². The minimum atomic E-state index is -0.411. The Morgan fingerprint density at radius 2 is 1.80 bits per heavy atom. The van der Waals surface area contributed by atoms with Gasteiger partial charge in [-0.15, -0.1) is 11.3 Å². The van der Waals surface area contributed by atoms with Gasteiger partial charge in [0.25, 0.3) is 5.56 Å². The molecule has 6 nitrogen and oxygen atoms in total. The number of rotatable bonds is 6. The lowest BCUT2D eigenvalue weighted by Gasteiger charge is -2.15. The molecule has 2 aromatic heterocycles. The Morgan fingerprint density at radius 1 is 1.10 bits per heavy atom. The van der Waals surface area contributed by atoms with Gasteiger partial charge in [-0.25, -0.2) is 4.79 Å². The molecule has 1 aromatic carbocycles. The number of amides is 1. The van der Waals surface area contributed by atoms with Gasteiger partial charge in [-0.1, -0.05) is 43.2 Å². The van der Waals surface area contributed by atoms with Gasteiger partial charge in [-0.3, -0.25) is 18.7 Å². The summed E-state index contributed by atoms with van der Waals surface area (Å²) in [6, 6.07) is 9.99. The number of carbonyl (C=O) groups is 1. The molecule has 0 unspecified atom stereocenters. The van der Waals surface area contributed by atoms with Crippen molar-refractivity contribution in [3.05, 3.63) is 67.2 Å². The van der Waals surface area contributed by atoms with E-state index in [9.17, 15) is 14.4 Å². The van der Waals surface area contributed by atoms with Crippen LogP contribution < -0.4 is 16.6 Å². The summed E-state index contributed by atoms with van der Waals surface area (Å²) in [7, 11) is 0. The van der Waals surface area contributed by atoms with Gasteiger partial charge in [-0.2, -0.15) is 0 Å². The maximum Gasteiger partial charge on any atom is 0.332 e. The molecular weight excluding hydrogens is 398 g/mol. The van der Waals surface area contributed by atoms with Crippen LogP contribution in [-0.4, -0.2) is 21.1 Å². The molecule has 158 valence electrons. The van der Waals surface area contributed by atoms with Crippen LogP contribution in [-0.2, 0) is 24.3 Å². The highest BCUT2D eigenvalue weighted by molar-refractivity contribution is 7.18. The van der Waals surface area contributed by atoms with Gasteiger partial charge in [0.1, 0.15) is 11.4 Å². The number of aryl methyl sites for hydroxylation is 3. The van der Waals surface area contributed by atoms with Gasteiger partial charge >= 0.3 is 5.69 Å². The number of thiophene rings is 1. The molecule has 2 heterocycles. The van der Waals surface area contributed by atoms with Crippen LogP contribution in [0.5, 0.6) is 0 Å². The second-order valence-electron chi connectivity index (χ2n) is 8.07. The number of carbonyl (C=O) groups excluding carboxylic acids is 1. The first-order valence-electron chi connectivity index (χ1n) is 10.5. The average Bonchev–Trinajstić information content (AvgIpc) is 3.34. The van der Waals surface area contributed by atoms with E-state index in [-0.39, 0.29) is 30.6 Å². The third kappa shape index (κ3) is 3.99. The molecule has 1 N–H and O–H groups in total. The molecule has 0 atom stereocenters. The molecule has 0 bridgehead atoms. The summed E-state index contributed by atoms with van der Waals surface area (Å²) in [6.45, 7) is 4.08. The quantitative estimate of drug-likeness (QED) is 0.659. The molecule has 0 spiro atoms. The molecule has 1 fully saturated rings. The van der Waals surface area contributed by atoms with Gasteiger partial charge in [-0.05, 0) is 44.2 Å². The summed E-state index contributed by atoms with van der Waals surface area (Å²) in [6.07, 6.45) is 4.82. The minimum Gasteiger partial charge on any atom is -0.352 e. The molecule has 0 saturated heterocycles. The minimum absolute atomic E-state index is 0.0587. The Labute approximate surface area is 179 Å². The first-order chi connectivity index (χ1) is 14.5. The number of fused-ring (bicyclic) bond motifs is 1. The predicted octanol–water partition coefficient (Wildman–Crippen LogP) is 3.14. The molecule has 7 heteroatoms. The highest BCUT2D eigenvalue weighted by atomic mass is 32.1. The first-order valence-corrected chi connectivity index (χ1v) is 11.3. The lowest BCUT2D eigenvalue weighted by atomic mass is 10.1. The van der Waals surface area contributed by atoms with Crippen molar-refractivity contribution in [1.82, 2.24) is 14.5 Å². The van der Waals surface area contributed by atoms with Crippen LogP contribution in [0.15, 0.2) is 39.9 Å². The van der Waals surface area contributed by atoms with E-state index in [1.54, 1.807) is 0 Å². The summed E-state index contributed by atoms with van der Waals surface area (Å²) in [4.78, 5) is 40.7. The van der Waals surface area contributed by atoms with Gasteiger partial charge in [0.05, 0.1) is 5.39 Å². The van der Waals surface area contributed by atoms with E-state index in [1.165, 1.54) is 20.5 Å². The smallest absolute Gasteiger partial charge is 0.332 e. The summed E-state index contributed by atoms with van der Waals surface area (Å²) >= 11 is 1.41. The zero-order chi connectivity index (χ0) is 21.3. The van der Waals surface area contributed by atoms with Crippen molar-refractivity contribution >= 4 is 27.5 Å². The van der Waals surface area contributed by atoms with E-state index < -0.39 is 5.69 Å². The third-order valence-electron chi connectivity index (χ3n) is 6.02. The van der Waals surface area contributed by atoms with E-state index in [4.69, 9.17) is 0 Å². The van der Waals surface area contributed by atoms with Gasteiger partial charge in [0.15, 0.2) is 0 Å². The van der Waals surface area contributed by atoms with Crippen LogP contribution in [0.4, 0.5) is 0 Å². The fourth-order valence-corrected chi connectivity index (χ4v) is 5.36. The maximum absolute atomic E-state index is 13.3. The summed E-state index contributed by atoms with van der Waals surface area (Å²) in [5, 5.41) is 3.61. The fraction of sp³-hybridized carbons (Fsp3) is 0.435. The molecule has 3 aromatic rings. The van der Waals surface area contributed by atoms with Crippen LogP contribution in [0, 0.1) is 13.8 Å². The Hall–Kier alpha value is -2.67. The Kier molecular flexibility index (Phi) is 5.90. The highest BCUT2D eigenvalue weighted by Crippen LogP contribution is 2.27. The molecular formula is C23H27N3O3S. The zero-order valence-electron chi connectivity index (χ0n) is 17.4. The molecule has 1 amide bonds. The van der Waals surface area contributed by atoms with Crippen molar-refractivity contribution < 1.29 is 4.79 Å².